The number of carboxylic acid groups (broad SMARTS) is 1. The first-order chi connectivity index (χ1) is 6.70. The summed E-state index contributed by atoms with van der Waals surface area (Å²) in [5, 5.41) is 9.85. The SMILES string of the molecule is O=C(O)n1ccc2ccccc2c1=O. The molecule has 0 spiro atoms. The summed E-state index contributed by atoms with van der Waals surface area (Å²) >= 11 is 0. The fraction of sp³-hybridized carbons (Fsp3) is 0. The van der Waals surface area contributed by atoms with E-state index in [-0.39, 0.29) is 0 Å². The predicted octanol–water partition coefficient (Wildman–Crippen LogP) is 1.53. The molecule has 0 amide bonds. The van der Waals surface area contributed by atoms with E-state index in [0.717, 1.165) is 5.39 Å². The van der Waals surface area contributed by atoms with E-state index < -0.39 is 11.7 Å². The molecule has 14 heavy (non-hydrogen) atoms. The molecule has 0 radical (unpaired) electrons. The molecule has 2 aromatic rings. The fourth-order valence-corrected chi connectivity index (χ4v) is 1.34. The molecule has 0 saturated heterocycles. The zero-order valence-electron chi connectivity index (χ0n) is 7.18. The Hall–Kier alpha value is -2.10. The Morgan fingerprint density at radius 2 is 1.93 bits per heavy atom. The maximum atomic E-state index is 11.6. The zero-order chi connectivity index (χ0) is 10.1. The van der Waals surface area contributed by atoms with Crippen molar-refractivity contribution in [2.45, 2.75) is 0 Å². The molecule has 0 atom stereocenters. The van der Waals surface area contributed by atoms with Crippen LogP contribution in [0.5, 0.6) is 0 Å². The normalized spacial score (nSPS) is 10.3. The van der Waals surface area contributed by atoms with Gasteiger partial charge in [0, 0.05) is 11.6 Å². The van der Waals surface area contributed by atoms with Gasteiger partial charge in [0.15, 0.2) is 0 Å². The van der Waals surface area contributed by atoms with Crippen LogP contribution in [0, 0.1) is 0 Å². The molecular weight excluding hydrogens is 182 g/mol. The molecule has 1 N–H and O–H groups in total. The summed E-state index contributed by atoms with van der Waals surface area (Å²) in [5.41, 5.74) is -0.504. The highest BCUT2D eigenvalue weighted by Gasteiger charge is 2.06. The number of fused-ring (bicyclic) bond motifs is 1. The summed E-state index contributed by atoms with van der Waals surface area (Å²) < 4.78 is 0.669. The molecule has 70 valence electrons. The van der Waals surface area contributed by atoms with E-state index in [2.05, 4.69) is 0 Å². The van der Waals surface area contributed by atoms with Gasteiger partial charge in [0.05, 0.1) is 0 Å². The molecule has 0 unspecified atom stereocenters. The summed E-state index contributed by atoms with van der Waals surface area (Å²) in [7, 11) is 0. The van der Waals surface area contributed by atoms with Crippen molar-refractivity contribution in [1.82, 2.24) is 4.57 Å². The van der Waals surface area contributed by atoms with E-state index in [9.17, 15) is 9.59 Å². The van der Waals surface area contributed by atoms with Crippen molar-refractivity contribution in [1.29, 1.82) is 0 Å². The minimum Gasteiger partial charge on any atom is -0.464 e. The number of aromatic nitrogens is 1. The molecule has 0 saturated carbocycles. The number of pyridine rings is 1. The van der Waals surface area contributed by atoms with Crippen LogP contribution in [0.2, 0.25) is 0 Å². The van der Waals surface area contributed by atoms with E-state index >= 15 is 0 Å². The first kappa shape index (κ1) is 8.50. The maximum Gasteiger partial charge on any atom is 0.418 e. The van der Waals surface area contributed by atoms with Gasteiger partial charge in [-0.2, -0.15) is 0 Å². The highest BCUT2D eigenvalue weighted by atomic mass is 16.4. The molecule has 0 bridgehead atoms. The lowest BCUT2D eigenvalue weighted by atomic mass is 10.2. The van der Waals surface area contributed by atoms with Gasteiger partial charge in [-0.05, 0) is 17.5 Å². The minimum atomic E-state index is -1.26. The first-order valence-corrected chi connectivity index (χ1v) is 4.04. The molecule has 1 heterocycles. The van der Waals surface area contributed by atoms with Crippen molar-refractivity contribution in [3.8, 4) is 0 Å². The molecule has 4 nitrogen and oxygen atoms in total. The van der Waals surface area contributed by atoms with Crippen molar-refractivity contribution < 1.29 is 9.90 Å². The molecule has 0 aliphatic carbocycles. The average molecular weight is 189 g/mol. The van der Waals surface area contributed by atoms with Crippen LogP contribution < -0.4 is 5.56 Å². The number of carbonyl (C=O) groups is 1. The van der Waals surface area contributed by atoms with E-state index in [1.54, 1.807) is 30.3 Å². The quantitative estimate of drug-likeness (QED) is 0.683. The van der Waals surface area contributed by atoms with Crippen molar-refractivity contribution in [3.63, 3.8) is 0 Å². The van der Waals surface area contributed by atoms with Gasteiger partial charge < -0.3 is 5.11 Å². The van der Waals surface area contributed by atoms with Crippen LogP contribution in [-0.4, -0.2) is 15.8 Å². The fourth-order valence-electron chi connectivity index (χ4n) is 1.34. The van der Waals surface area contributed by atoms with Crippen LogP contribution in [0.4, 0.5) is 4.79 Å². The summed E-state index contributed by atoms with van der Waals surface area (Å²) in [6.07, 6.45) is -0.00625. The Labute approximate surface area is 79.0 Å². The van der Waals surface area contributed by atoms with Gasteiger partial charge in [0.25, 0.3) is 5.56 Å². The van der Waals surface area contributed by atoms with Crippen LogP contribution in [0.15, 0.2) is 41.3 Å². The summed E-state index contributed by atoms with van der Waals surface area (Å²) in [4.78, 5) is 22.2. The third-order valence-electron chi connectivity index (χ3n) is 2.02. The highest BCUT2D eigenvalue weighted by molar-refractivity contribution is 5.83. The van der Waals surface area contributed by atoms with Crippen molar-refractivity contribution in [2.75, 3.05) is 0 Å². The second kappa shape index (κ2) is 2.99. The molecule has 1 aromatic carbocycles. The third-order valence-corrected chi connectivity index (χ3v) is 2.02. The zero-order valence-corrected chi connectivity index (χ0v) is 7.18. The van der Waals surface area contributed by atoms with Gasteiger partial charge >= 0.3 is 6.09 Å². The molecule has 2 rings (SSSR count). The van der Waals surface area contributed by atoms with Gasteiger partial charge in [-0.1, -0.05) is 18.2 Å². The Kier molecular flexibility index (Phi) is 1.81. The van der Waals surface area contributed by atoms with Gasteiger partial charge in [0.1, 0.15) is 0 Å². The van der Waals surface area contributed by atoms with Crippen LogP contribution >= 0.6 is 0 Å². The Morgan fingerprint density at radius 1 is 1.21 bits per heavy atom. The van der Waals surface area contributed by atoms with E-state index in [0.29, 0.717) is 9.95 Å². The number of hydrogen-bond donors (Lipinski definition) is 1. The molecular formula is C10H7NO3. The van der Waals surface area contributed by atoms with Gasteiger partial charge in [-0.15, -0.1) is 0 Å². The monoisotopic (exact) mass is 189 g/mol. The molecule has 0 fully saturated rings. The third kappa shape index (κ3) is 1.17. The molecule has 4 heteroatoms. The van der Waals surface area contributed by atoms with Crippen LogP contribution in [-0.2, 0) is 0 Å². The molecule has 0 aliphatic rings. The molecule has 0 aliphatic heterocycles. The van der Waals surface area contributed by atoms with Crippen LogP contribution in [0.1, 0.15) is 0 Å². The predicted molar refractivity (Wildman–Crippen MR) is 51.6 cm³/mol. The van der Waals surface area contributed by atoms with Crippen LogP contribution in [0.3, 0.4) is 0 Å². The Morgan fingerprint density at radius 3 is 2.64 bits per heavy atom. The smallest absolute Gasteiger partial charge is 0.418 e. The van der Waals surface area contributed by atoms with Gasteiger partial charge in [-0.3, -0.25) is 4.79 Å². The number of hydrogen-bond acceptors (Lipinski definition) is 2. The summed E-state index contributed by atoms with van der Waals surface area (Å²) in [6, 6.07) is 8.48. The van der Waals surface area contributed by atoms with Gasteiger partial charge in [0.2, 0.25) is 0 Å². The van der Waals surface area contributed by atoms with Crippen molar-refractivity contribution >= 4 is 16.9 Å². The minimum absolute atomic E-state index is 0.414. The molecule has 1 aromatic heterocycles. The lowest BCUT2D eigenvalue weighted by Crippen LogP contribution is -2.24. The Bertz CT molecular complexity index is 557. The highest BCUT2D eigenvalue weighted by Crippen LogP contribution is 2.07. The second-order valence-electron chi connectivity index (χ2n) is 2.86. The number of nitrogens with zero attached hydrogens (tertiary/aromatic N) is 1. The number of benzene rings is 1. The van der Waals surface area contributed by atoms with E-state index in [1.807, 2.05) is 0 Å². The van der Waals surface area contributed by atoms with Crippen molar-refractivity contribution in [2.24, 2.45) is 0 Å². The lowest BCUT2D eigenvalue weighted by Gasteiger charge is -2.00. The van der Waals surface area contributed by atoms with E-state index in [1.165, 1.54) is 6.20 Å². The topological polar surface area (TPSA) is 59.3 Å². The summed E-state index contributed by atoms with van der Waals surface area (Å²) in [6.45, 7) is 0. The van der Waals surface area contributed by atoms with Crippen molar-refractivity contribution in [3.05, 3.63) is 46.9 Å². The largest absolute Gasteiger partial charge is 0.464 e. The van der Waals surface area contributed by atoms with E-state index in [4.69, 9.17) is 5.11 Å². The van der Waals surface area contributed by atoms with Crippen LogP contribution in [0.25, 0.3) is 10.8 Å². The standard InChI is InChI=1S/C10H7NO3/c12-9-8-4-2-1-3-7(8)5-6-11(9)10(13)14/h1-6H,(H,13,14). The average Bonchev–Trinajstić information content (AvgIpc) is 2.18. The maximum absolute atomic E-state index is 11.6. The number of rotatable bonds is 0. The van der Waals surface area contributed by atoms with Gasteiger partial charge in [-0.25, -0.2) is 9.36 Å². The Balaban J connectivity index is 2.89. The second-order valence-corrected chi connectivity index (χ2v) is 2.86. The first-order valence-electron chi connectivity index (χ1n) is 4.04. The lowest BCUT2D eigenvalue weighted by molar-refractivity contribution is 0.195. The summed E-state index contributed by atoms with van der Waals surface area (Å²) in [5.74, 6) is 0.